The van der Waals surface area contributed by atoms with E-state index in [0.29, 0.717) is 25.2 Å². The fourth-order valence-electron chi connectivity index (χ4n) is 2.44. The molecule has 9 heteroatoms. The predicted molar refractivity (Wildman–Crippen MR) is 97.1 cm³/mol. The Kier molecular flexibility index (Phi) is 5.32. The number of aromatic nitrogens is 6. The summed E-state index contributed by atoms with van der Waals surface area (Å²) in [5, 5.41) is 15.6. The smallest absolute Gasteiger partial charge is 0.226 e. The second-order valence-corrected chi connectivity index (χ2v) is 6.58. The SMILES string of the molecule is CCn1cc(Cn2cc(NC(=O)CCn3ncc(Br)c3C)cn2)cn1. The second kappa shape index (κ2) is 7.64. The number of carbonyl (C=O) groups is 1. The van der Waals surface area contributed by atoms with Gasteiger partial charge < -0.3 is 5.32 Å². The number of hydrogen-bond donors (Lipinski definition) is 1. The van der Waals surface area contributed by atoms with Gasteiger partial charge in [0.15, 0.2) is 0 Å². The van der Waals surface area contributed by atoms with Crippen molar-refractivity contribution < 1.29 is 4.79 Å². The highest BCUT2D eigenvalue weighted by Gasteiger charge is 2.08. The van der Waals surface area contributed by atoms with E-state index in [1.54, 1.807) is 21.8 Å². The van der Waals surface area contributed by atoms with Crippen molar-refractivity contribution in [2.24, 2.45) is 0 Å². The normalized spacial score (nSPS) is 11.0. The van der Waals surface area contributed by atoms with Crippen LogP contribution in [0.2, 0.25) is 0 Å². The number of anilines is 1. The van der Waals surface area contributed by atoms with Crippen molar-refractivity contribution in [3.63, 3.8) is 0 Å². The summed E-state index contributed by atoms with van der Waals surface area (Å²) in [6.45, 7) is 6.00. The van der Waals surface area contributed by atoms with Crippen molar-refractivity contribution >= 4 is 27.5 Å². The van der Waals surface area contributed by atoms with Gasteiger partial charge in [0.2, 0.25) is 5.91 Å². The molecule has 0 aliphatic carbocycles. The molecule has 0 bridgehead atoms. The first-order chi connectivity index (χ1) is 12.0. The van der Waals surface area contributed by atoms with Crippen LogP contribution < -0.4 is 5.32 Å². The molecule has 3 rings (SSSR count). The summed E-state index contributed by atoms with van der Waals surface area (Å²) in [5.41, 5.74) is 2.77. The van der Waals surface area contributed by atoms with Crippen LogP contribution in [0, 0.1) is 6.92 Å². The van der Waals surface area contributed by atoms with E-state index in [1.807, 2.05) is 37.1 Å². The van der Waals surface area contributed by atoms with Crippen molar-refractivity contribution in [1.29, 1.82) is 0 Å². The van der Waals surface area contributed by atoms with Gasteiger partial charge in [-0.1, -0.05) is 0 Å². The van der Waals surface area contributed by atoms with E-state index < -0.39 is 0 Å². The largest absolute Gasteiger partial charge is 0.323 e. The van der Waals surface area contributed by atoms with Crippen LogP contribution in [0.15, 0.2) is 35.5 Å². The van der Waals surface area contributed by atoms with Gasteiger partial charge in [-0.15, -0.1) is 0 Å². The van der Waals surface area contributed by atoms with Gasteiger partial charge >= 0.3 is 0 Å². The van der Waals surface area contributed by atoms with Crippen molar-refractivity contribution in [1.82, 2.24) is 29.3 Å². The van der Waals surface area contributed by atoms with E-state index in [4.69, 9.17) is 0 Å². The fraction of sp³-hybridized carbons (Fsp3) is 0.375. The first-order valence-corrected chi connectivity index (χ1v) is 8.86. The maximum atomic E-state index is 12.1. The van der Waals surface area contributed by atoms with Crippen LogP contribution in [0.3, 0.4) is 0 Å². The van der Waals surface area contributed by atoms with E-state index in [1.165, 1.54) is 0 Å². The quantitative estimate of drug-likeness (QED) is 0.654. The third kappa shape index (κ3) is 4.36. The summed E-state index contributed by atoms with van der Waals surface area (Å²) in [5.74, 6) is -0.0654. The summed E-state index contributed by atoms with van der Waals surface area (Å²) in [7, 11) is 0. The molecule has 0 radical (unpaired) electrons. The molecule has 0 aliphatic rings. The lowest BCUT2D eigenvalue weighted by Crippen LogP contribution is -2.15. The highest BCUT2D eigenvalue weighted by molar-refractivity contribution is 9.10. The summed E-state index contributed by atoms with van der Waals surface area (Å²) in [6, 6.07) is 0. The Morgan fingerprint density at radius 1 is 1.16 bits per heavy atom. The van der Waals surface area contributed by atoms with Crippen molar-refractivity contribution in [3.8, 4) is 0 Å². The Hall–Kier alpha value is -2.42. The molecule has 0 saturated heterocycles. The third-order valence-corrected chi connectivity index (χ3v) is 4.64. The molecule has 1 N–H and O–H groups in total. The standard InChI is InChI=1S/C16H20BrN7O/c1-3-22-9-13(6-18-22)10-23-11-14(7-19-23)21-16(25)4-5-24-12(2)15(17)8-20-24/h6-9,11H,3-5,10H2,1-2H3,(H,21,25). The first kappa shape index (κ1) is 17.4. The Balaban J connectivity index is 1.52. The van der Waals surface area contributed by atoms with Gasteiger partial charge in [-0.2, -0.15) is 15.3 Å². The van der Waals surface area contributed by atoms with Crippen LogP contribution >= 0.6 is 15.9 Å². The second-order valence-electron chi connectivity index (χ2n) is 5.73. The molecule has 3 aromatic heterocycles. The minimum atomic E-state index is -0.0654. The maximum absolute atomic E-state index is 12.1. The topological polar surface area (TPSA) is 82.6 Å². The van der Waals surface area contributed by atoms with Gasteiger partial charge in [-0.3, -0.25) is 18.8 Å². The van der Waals surface area contributed by atoms with Crippen molar-refractivity contribution in [3.05, 3.63) is 46.7 Å². The highest BCUT2D eigenvalue weighted by atomic mass is 79.9. The van der Waals surface area contributed by atoms with Crippen LogP contribution in [0.25, 0.3) is 0 Å². The Morgan fingerprint density at radius 2 is 1.96 bits per heavy atom. The number of nitrogens with one attached hydrogen (secondary N) is 1. The average Bonchev–Trinajstić information content (AvgIpc) is 3.30. The molecule has 8 nitrogen and oxygen atoms in total. The molecule has 0 aliphatic heterocycles. The highest BCUT2D eigenvalue weighted by Crippen LogP contribution is 2.15. The minimum Gasteiger partial charge on any atom is -0.323 e. The molecule has 1 amide bonds. The number of halogens is 1. The van der Waals surface area contributed by atoms with Gasteiger partial charge in [-0.05, 0) is 29.8 Å². The Morgan fingerprint density at radius 3 is 2.64 bits per heavy atom. The van der Waals surface area contributed by atoms with E-state index in [0.717, 1.165) is 22.3 Å². The monoisotopic (exact) mass is 405 g/mol. The lowest BCUT2D eigenvalue weighted by molar-refractivity contribution is -0.116. The summed E-state index contributed by atoms with van der Waals surface area (Å²) in [6.07, 6.45) is 9.37. The molecule has 3 aromatic rings. The Bertz CT molecular complexity index is 864. The molecule has 0 unspecified atom stereocenters. The molecular formula is C16H20BrN7O. The summed E-state index contributed by atoms with van der Waals surface area (Å²) >= 11 is 3.41. The number of amides is 1. The van der Waals surface area contributed by atoms with E-state index in [9.17, 15) is 4.79 Å². The van der Waals surface area contributed by atoms with E-state index >= 15 is 0 Å². The zero-order chi connectivity index (χ0) is 17.8. The molecule has 132 valence electrons. The van der Waals surface area contributed by atoms with Gasteiger partial charge in [0.05, 0.1) is 41.8 Å². The van der Waals surface area contributed by atoms with Gasteiger partial charge in [0.25, 0.3) is 0 Å². The molecule has 25 heavy (non-hydrogen) atoms. The van der Waals surface area contributed by atoms with Crippen LogP contribution in [-0.4, -0.2) is 35.2 Å². The predicted octanol–water partition coefficient (Wildman–Crippen LogP) is 2.44. The van der Waals surface area contributed by atoms with E-state index in [2.05, 4.69) is 36.5 Å². The van der Waals surface area contributed by atoms with Crippen LogP contribution in [0.4, 0.5) is 5.69 Å². The minimum absolute atomic E-state index is 0.0654. The van der Waals surface area contributed by atoms with Crippen molar-refractivity contribution in [2.75, 3.05) is 5.32 Å². The van der Waals surface area contributed by atoms with Gasteiger partial charge in [0, 0.05) is 36.6 Å². The molecule has 0 atom stereocenters. The molecule has 0 aromatic carbocycles. The molecule has 0 saturated carbocycles. The lowest BCUT2D eigenvalue weighted by atomic mass is 10.3. The van der Waals surface area contributed by atoms with Gasteiger partial charge in [0.1, 0.15) is 0 Å². The zero-order valence-corrected chi connectivity index (χ0v) is 15.8. The van der Waals surface area contributed by atoms with Crippen LogP contribution in [0.5, 0.6) is 0 Å². The van der Waals surface area contributed by atoms with E-state index in [-0.39, 0.29) is 5.91 Å². The zero-order valence-electron chi connectivity index (χ0n) is 14.2. The number of rotatable bonds is 7. The number of hydrogen-bond acceptors (Lipinski definition) is 4. The molecule has 0 spiro atoms. The number of aryl methyl sites for hydroxylation is 2. The molecule has 0 fully saturated rings. The van der Waals surface area contributed by atoms with Gasteiger partial charge in [-0.25, -0.2) is 0 Å². The number of carbonyl (C=O) groups excluding carboxylic acids is 1. The van der Waals surface area contributed by atoms with Crippen molar-refractivity contribution in [2.45, 2.75) is 39.9 Å². The Labute approximate surface area is 154 Å². The summed E-state index contributed by atoms with van der Waals surface area (Å²) in [4.78, 5) is 12.1. The first-order valence-electron chi connectivity index (χ1n) is 8.06. The number of nitrogens with zero attached hydrogens (tertiary/aromatic N) is 6. The van der Waals surface area contributed by atoms with Crippen LogP contribution in [0.1, 0.15) is 24.6 Å². The lowest BCUT2D eigenvalue weighted by Gasteiger charge is -2.05. The van der Waals surface area contributed by atoms with Crippen LogP contribution in [-0.2, 0) is 24.4 Å². The molecule has 3 heterocycles. The third-order valence-electron chi connectivity index (χ3n) is 3.87. The fourth-order valence-corrected chi connectivity index (χ4v) is 2.74. The summed E-state index contributed by atoms with van der Waals surface area (Å²) < 4.78 is 6.40. The average molecular weight is 406 g/mol. The maximum Gasteiger partial charge on any atom is 0.226 e. The molecular weight excluding hydrogens is 386 g/mol.